The molecule has 0 radical (unpaired) electrons. The molecule has 12 amide bonds. The van der Waals surface area contributed by atoms with Crippen molar-refractivity contribution in [2.45, 2.75) is 225 Å². The van der Waals surface area contributed by atoms with Gasteiger partial charge in [0.05, 0.1) is 23.6 Å². The van der Waals surface area contributed by atoms with Crippen LogP contribution >= 0.6 is 11.6 Å². The zero-order valence-corrected chi connectivity index (χ0v) is 60.8. The minimum Gasteiger partial charge on any atom is -0.347 e. The van der Waals surface area contributed by atoms with Crippen molar-refractivity contribution in [2.24, 2.45) is 29.6 Å². The molecule has 2 saturated carbocycles. The number of benzene rings is 1. The lowest BCUT2D eigenvalue weighted by atomic mass is 9.84. The van der Waals surface area contributed by atoms with Crippen molar-refractivity contribution in [2.75, 3.05) is 76.5 Å². The summed E-state index contributed by atoms with van der Waals surface area (Å²) in [6.07, 6.45) is 2.04. The molecule has 2 saturated heterocycles. The Morgan fingerprint density at radius 2 is 1.22 bits per heavy atom. The molecule has 0 aromatic heterocycles. The Balaban J connectivity index is 1.62. The number of amides is 12. The summed E-state index contributed by atoms with van der Waals surface area (Å²) in [5.74, 6) is -9.95. The number of hydrogen-bond acceptors (Lipinski definition) is 12. The zero-order valence-electron chi connectivity index (χ0n) is 60.1. The molecule has 24 nitrogen and oxygen atoms in total. The number of fused-ring (bicyclic) bond motifs is 1. The van der Waals surface area contributed by atoms with Gasteiger partial charge in [0, 0.05) is 70.0 Å². The molecular weight excluding hydrogens is 1280 g/mol. The number of aryl methyl sites for hydroxylation is 1. The first-order valence-corrected chi connectivity index (χ1v) is 34.8. The molecule has 1 aromatic rings. The third-order valence-corrected chi connectivity index (χ3v) is 21.0. The van der Waals surface area contributed by atoms with E-state index in [1.165, 1.54) is 113 Å². The lowest BCUT2D eigenvalue weighted by Gasteiger charge is -2.45. The van der Waals surface area contributed by atoms with E-state index in [0.717, 1.165) is 71.8 Å². The first-order valence-electron chi connectivity index (χ1n) is 34.4. The second-order valence-corrected chi connectivity index (χ2v) is 29.0. The molecule has 28 heteroatoms. The van der Waals surface area contributed by atoms with Crippen LogP contribution in [0.5, 0.6) is 0 Å². The summed E-state index contributed by atoms with van der Waals surface area (Å²) >= 11 is 6.11. The molecule has 0 spiro atoms. The molecule has 4 fully saturated rings. The number of nitrogens with zero attached hydrogens (tertiary/aromatic N) is 9. The van der Waals surface area contributed by atoms with Crippen molar-refractivity contribution in [3.05, 3.63) is 34.3 Å². The molecule has 2 aliphatic carbocycles. The van der Waals surface area contributed by atoms with Gasteiger partial charge in [-0.1, -0.05) is 111 Å². The van der Waals surface area contributed by atoms with Crippen molar-refractivity contribution < 1.29 is 70.7 Å². The van der Waals surface area contributed by atoms with Gasteiger partial charge in [0.15, 0.2) is 0 Å². The number of rotatable bonds is 12. The predicted molar refractivity (Wildman–Crippen MR) is 359 cm³/mol. The van der Waals surface area contributed by atoms with Gasteiger partial charge in [-0.15, -0.1) is 0 Å². The number of halogens is 4. The van der Waals surface area contributed by atoms with Crippen LogP contribution in [0.25, 0.3) is 0 Å². The third kappa shape index (κ3) is 20.1. The maximum Gasteiger partial charge on any atom is 0.417 e. The Kier molecular flexibility index (Phi) is 29.2. The van der Waals surface area contributed by atoms with E-state index in [4.69, 9.17) is 11.6 Å². The maximum absolute atomic E-state index is 15.3. The minimum atomic E-state index is -4.77. The highest BCUT2D eigenvalue weighted by atomic mass is 35.5. The highest BCUT2D eigenvalue weighted by molar-refractivity contribution is 6.31. The van der Waals surface area contributed by atoms with Crippen LogP contribution in [-0.4, -0.2) is 252 Å². The smallest absolute Gasteiger partial charge is 0.347 e. The second-order valence-electron chi connectivity index (χ2n) is 28.5. The molecule has 11 atom stereocenters. The van der Waals surface area contributed by atoms with E-state index in [0.29, 0.717) is 19.3 Å². The zero-order chi connectivity index (χ0) is 73.0. The Hall–Kier alpha value is -7.06. The number of carbonyl (C=O) groups is 12. The molecule has 5 rings (SSSR count). The van der Waals surface area contributed by atoms with Crippen molar-refractivity contribution >= 4 is 82.5 Å². The maximum atomic E-state index is 15.3. The van der Waals surface area contributed by atoms with Gasteiger partial charge in [0.25, 0.3) is 0 Å². The summed E-state index contributed by atoms with van der Waals surface area (Å²) in [5.41, 5.74) is -0.812. The van der Waals surface area contributed by atoms with Gasteiger partial charge < -0.3 is 60.0 Å². The number of hydrogen-bond donors (Lipinski definition) is 3. The fraction of sp³-hybridized carbons (Fsp3) is 0.739. The van der Waals surface area contributed by atoms with Crippen LogP contribution in [0, 0.1) is 29.6 Å². The molecule has 2 heterocycles. The van der Waals surface area contributed by atoms with E-state index in [9.17, 15) is 61.1 Å². The van der Waals surface area contributed by atoms with Gasteiger partial charge in [0.1, 0.15) is 60.4 Å². The number of nitrogens with one attached hydrogen (secondary N) is 3. The third-order valence-electron chi connectivity index (χ3n) is 20.7. The van der Waals surface area contributed by atoms with Gasteiger partial charge in [-0.05, 0) is 106 Å². The van der Waals surface area contributed by atoms with E-state index < -0.39 is 179 Å². The van der Waals surface area contributed by atoms with Crippen LogP contribution in [0.4, 0.5) is 13.2 Å². The van der Waals surface area contributed by atoms with Crippen molar-refractivity contribution in [3.63, 3.8) is 0 Å². The summed E-state index contributed by atoms with van der Waals surface area (Å²) in [5, 5.41) is 7.79. The van der Waals surface area contributed by atoms with E-state index >= 15 is 9.59 Å². The van der Waals surface area contributed by atoms with Gasteiger partial charge in [-0.3, -0.25) is 57.5 Å². The van der Waals surface area contributed by atoms with Crippen molar-refractivity contribution in [1.29, 1.82) is 0 Å². The van der Waals surface area contributed by atoms with Crippen LogP contribution in [0.15, 0.2) is 18.2 Å². The van der Waals surface area contributed by atoms with Crippen LogP contribution in [-0.2, 0) is 70.1 Å². The van der Waals surface area contributed by atoms with Gasteiger partial charge >= 0.3 is 6.18 Å². The Bertz CT molecular complexity index is 3010. The van der Waals surface area contributed by atoms with E-state index in [1.54, 1.807) is 20.8 Å². The highest BCUT2D eigenvalue weighted by Gasteiger charge is 2.48. The monoisotopic (exact) mass is 1390 g/mol. The lowest BCUT2D eigenvalue weighted by Crippen LogP contribution is -2.65. The molecule has 4 aliphatic rings. The summed E-state index contributed by atoms with van der Waals surface area (Å²) in [4.78, 5) is 188. The van der Waals surface area contributed by atoms with Crippen LogP contribution in [0.2, 0.25) is 5.02 Å². The van der Waals surface area contributed by atoms with Gasteiger partial charge in [-0.2, -0.15) is 13.2 Å². The molecule has 1 aromatic carbocycles. The van der Waals surface area contributed by atoms with Crippen LogP contribution in [0.3, 0.4) is 0 Å². The normalized spacial score (nSPS) is 27.3. The Morgan fingerprint density at radius 3 is 1.75 bits per heavy atom. The van der Waals surface area contributed by atoms with E-state index in [2.05, 4.69) is 16.0 Å². The number of likely N-dealkylation sites (N-methyl/N-ethyl adjacent to an activating group) is 8. The largest absolute Gasteiger partial charge is 0.417 e. The van der Waals surface area contributed by atoms with Crippen LogP contribution in [0.1, 0.15) is 163 Å². The number of carbonyl (C=O) groups excluding carboxylic acids is 12. The first-order chi connectivity index (χ1) is 45.3. The molecule has 2 aliphatic heterocycles. The Labute approximate surface area is 576 Å². The second kappa shape index (κ2) is 35.1. The SMILES string of the molecule is CC[C@H](C)[C@@H]1NC(=O)[C@H](CC(C)C)N(C)C(=O)C[C@@H](C(=O)N(C)C)N(C)C(=O)[C@H](C2CCCC2)N(C)C(=O)[C@H](C(C)C)NC(=O)[C@H](C)N(C)C(=O)[C@H](CCc2ccc(C(F)(F)F)c(Cl)c2)NC(=O)CN(C)C(=O)[C@H](CC2CCCCC2)N(C)C(=O)[C@@H]2CCN2C(=O)[C@H](C)N(C)C1=O. The first kappa shape index (κ1) is 80.6. The van der Waals surface area contributed by atoms with Gasteiger partial charge in [-0.25, -0.2) is 0 Å². The van der Waals surface area contributed by atoms with Gasteiger partial charge in [0.2, 0.25) is 70.9 Å². The molecule has 0 unspecified atom stereocenters. The standard InChI is InChI=1S/C69H108ClF3N12O12/c1-18-41(6)57-67(96)80(13)43(8)61(90)85-33-32-50(85)65(94)82(15)52(36-44-24-20-19-21-25-44)64(93)78(11)38-54(86)74-49(31-29-45-28-30-47(48(70)35-45)69(71,72)73)62(91)79(12)42(7)59(88)75-56(40(4)5)66(95)84(17)58(46-26-22-23-27-46)68(97)83(16)53(63(92)77(9)10)37-55(87)81(14)51(34-39(2)3)60(89)76-57/h28,30,35,39-44,46,49-53,56-58H,18-27,29,31-34,36-38H2,1-17H3,(H,74,86)(H,75,88)(H,76,89)/t41-,42-,43-,49-,50-,51-,52-,53-,56-,57-,58-/m0/s1. The fourth-order valence-electron chi connectivity index (χ4n) is 13.6. The Morgan fingerprint density at radius 1 is 0.639 bits per heavy atom. The average molecular weight is 1390 g/mol. The number of alkyl halides is 3. The van der Waals surface area contributed by atoms with E-state index in [-0.39, 0.29) is 56.0 Å². The molecule has 0 bridgehead atoms. The molecular formula is C69H108ClF3N12O12. The fourth-order valence-corrected chi connectivity index (χ4v) is 14.0. The minimum absolute atomic E-state index is 0.0155. The predicted octanol–water partition coefficient (Wildman–Crippen LogP) is 5.21. The average Bonchev–Trinajstić information content (AvgIpc) is 1.33. The summed E-state index contributed by atoms with van der Waals surface area (Å²) in [7, 11) is 12.7. The molecule has 3 N–H and O–H groups in total. The quantitative estimate of drug-likeness (QED) is 0.244. The van der Waals surface area contributed by atoms with Crippen molar-refractivity contribution in [1.82, 2.24) is 60.0 Å². The van der Waals surface area contributed by atoms with Crippen LogP contribution < -0.4 is 16.0 Å². The summed E-state index contributed by atoms with van der Waals surface area (Å²) < 4.78 is 41.4. The van der Waals surface area contributed by atoms with Crippen molar-refractivity contribution in [3.8, 4) is 0 Å². The topological polar surface area (TPSA) is 270 Å². The molecule has 544 valence electrons. The van der Waals surface area contributed by atoms with E-state index in [1.807, 2.05) is 20.8 Å². The molecule has 97 heavy (non-hydrogen) atoms. The highest BCUT2D eigenvalue weighted by Crippen LogP contribution is 2.37. The summed E-state index contributed by atoms with van der Waals surface area (Å²) in [6, 6.07) is -9.49. The summed E-state index contributed by atoms with van der Waals surface area (Å²) in [6.45, 7) is 13.0. The lowest BCUT2D eigenvalue weighted by molar-refractivity contribution is -0.160.